The summed E-state index contributed by atoms with van der Waals surface area (Å²) in [5, 5.41) is 3.51. The largest absolute Gasteiger partial charge is 0.352 e. The van der Waals surface area contributed by atoms with Crippen LogP contribution in [0.1, 0.15) is 51.0 Å². The quantitative estimate of drug-likeness (QED) is 0.463. The number of rotatable bonds is 11. The van der Waals surface area contributed by atoms with Crippen LogP contribution in [0.4, 0.5) is 5.69 Å². The van der Waals surface area contributed by atoms with E-state index in [-0.39, 0.29) is 11.9 Å². The minimum absolute atomic E-state index is 0.116. The van der Waals surface area contributed by atoms with E-state index in [1.165, 1.54) is 17.4 Å². The minimum atomic E-state index is -3.78. The minimum Gasteiger partial charge on any atom is -0.352 e. The van der Waals surface area contributed by atoms with Crippen LogP contribution in [0.5, 0.6) is 0 Å². The molecule has 2 aromatic carbocycles. The number of anilines is 1. The highest BCUT2D eigenvalue weighted by atomic mass is 35.5. The van der Waals surface area contributed by atoms with E-state index in [1.807, 2.05) is 37.3 Å². The third-order valence-electron chi connectivity index (χ3n) is 6.60. The molecule has 1 saturated carbocycles. The molecule has 0 saturated heterocycles. The maximum absolute atomic E-state index is 13.7. The standard InChI is InChI=1S/C27H36ClN3O4S/c1-3-25(27(33)29-23-14-8-5-9-15-23)30(18-17-21-11-6-4-7-12-21)26(32)20-31(36(2,34)35)24-16-10-13-22(28)19-24/h4,6-7,10-13,16,19,23,25H,3,5,8-9,14-15,17-18,20H2,1-2H3,(H,29,33)/t25-/m0/s1. The van der Waals surface area contributed by atoms with Crippen molar-refractivity contribution in [2.24, 2.45) is 0 Å². The summed E-state index contributed by atoms with van der Waals surface area (Å²) >= 11 is 6.09. The Morgan fingerprint density at radius 3 is 2.36 bits per heavy atom. The number of halogens is 1. The molecule has 1 N–H and O–H groups in total. The fraction of sp³-hybridized carbons (Fsp3) is 0.481. The zero-order chi connectivity index (χ0) is 26.1. The molecule has 9 heteroatoms. The molecule has 0 unspecified atom stereocenters. The predicted molar refractivity (Wildman–Crippen MR) is 145 cm³/mol. The Balaban J connectivity index is 1.85. The zero-order valence-corrected chi connectivity index (χ0v) is 22.6. The van der Waals surface area contributed by atoms with Gasteiger partial charge in [0, 0.05) is 17.6 Å². The van der Waals surface area contributed by atoms with Gasteiger partial charge in [0.05, 0.1) is 11.9 Å². The lowest BCUT2D eigenvalue weighted by molar-refractivity contribution is -0.140. The molecule has 1 atom stereocenters. The predicted octanol–water partition coefficient (Wildman–Crippen LogP) is 4.40. The van der Waals surface area contributed by atoms with E-state index in [0.717, 1.165) is 41.8 Å². The SMILES string of the molecule is CC[C@@H](C(=O)NC1CCCCC1)N(CCc1ccccc1)C(=O)CN(c1cccc(Cl)c1)S(C)(=O)=O. The van der Waals surface area contributed by atoms with Crippen molar-refractivity contribution >= 4 is 39.1 Å². The van der Waals surface area contributed by atoms with Crippen LogP contribution in [-0.4, -0.2) is 56.6 Å². The molecule has 2 amide bonds. The van der Waals surface area contributed by atoms with Crippen LogP contribution in [0.15, 0.2) is 54.6 Å². The maximum atomic E-state index is 13.7. The molecule has 0 radical (unpaired) electrons. The molecule has 3 rings (SSSR count). The van der Waals surface area contributed by atoms with E-state index >= 15 is 0 Å². The van der Waals surface area contributed by atoms with Gasteiger partial charge in [-0.15, -0.1) is 0 Å². The van der Waals surface area contributed by atoms with Gasteiger partial charge in [-0.1, -0.05) is 74.2 Å². The van der Waals surface area contributed by atoms with Gasteiger partial charge in [-0.3, -0.25) is 13.9 Å². The summed E-state index contributed by atoms with van der Waals surface area (Å²) < 4.78 is 26.3. The van der Waals surface area contributed by atoms with Gasteiger partial charge in [-0.2, -0.15) is 0 Å². The molecule has 2 aromatic rings. The second-order valence-electron chi connectivity index (χ2n) is 9.34. The van der Waals surface area contributed by atoms with Crippen LogP contribution >= 0.6 is 11.6 Å². The van der Waals surface area contributed by atoms with E-state index < -0.39 is 28.5 Å². The molecule has 1 fully saturated rings. The third kappa shape index (κ3) is 7.96. The van der Waals surface area contributed by atoms with Crippen LogP contribution in [0.25, 0.3) is 0 Å². The molecule has 1 aliphatic rings. The summed E-state index contributed by atoms with van der Waals surface area (Å²) in [6.07, 6.45) is 7.26. The first kappa shape index (κ1) is 28.0. The first-order chi connectivity index (χ1) is 17.2. The van der Waals surface area contributed by atoms with Crippen molar-refractivity contribution in [2.75, 3.05) is 23.7 Å². The highest BCUT2D eigenvalue weighted by molar-refractivity contribution is 7.92. The Kier molecular flexibility index (Phi) is 10.2. The average Bonchev–Trinajstić information content (AvgIpc) is 2.85. The lowest BCUT2D eigenvalue weighted by atomic mass is 9.95. The molecule has 0 aliphatic heterocycles. The summed E-state index contributed by atoms with van der Waals surface area (Å²) in [6, 6.07) is 15.5. The van der Waals surface area contributed by atoms with Gasteiger partial charge < -0.3 is 10.2 Å². The van der Waals surface area contributed by atoms with Crippen LogP contribution in [-0.2, 0) is 26.0 Å². The number of nitrogens with one attached hydrogen (secondary N) is 1. The zero-order valence-electron chi connectivity index (χ0n) is 21.0. The van der Waals surface area contributed by atoms with Gasteiger partial charge in [0.2, 0.25) is 21.8 Å². The molecule has 36 heavy (non-hydrogen) atoms. The molecule has 0 bridgehead atoms. The molecule has 0 spiro atoms. The van der Waals surface area contributed by atoms with Gasteiger partial charge in [0.1, 0.15) is 12.6 Å². The number of amides is 2. The van der Waals surface area contributed by atoms with E-state index in [4.69, 9.17) is 11.6 Å². The van der Waals surface area contributed by atoms with Gasteiger partial charge >= 0.3 is 0 Å². The summed E-state index contributed by atoms with van der Waals surface area (Å²) in [5.41, 5.74) is 1.34. The normalized spacial score (nSPS) is 15.2. The summed E-state index contributed by atoms with van der Waals surface area (Å²) in [7, 11) is -3.78. The lowest BCUT2D eigenvalue weighted by Crippen LogP contribution is -2.54. The monoisotopic (exact) mass is 533 g/mol. The van der Waals surface area contributed by atoms with Crippen LogP contribution in [0, 0.1) is 0 Å². The van der Waals surface area contributed by atoms with E-state index in [9.17, 15) is 18.0 Å². The van der Waals surface area contributed by atoms with Crippen molar-refractivity contribution in [1.29, 1.82) is 0 Å². The van der Waals surface area contributed by atoms with Crippen molar-refractivity contribution in [3.05, 3.63) is 65.2 Å². The Morgan fingerprint density at radius 2 is 1.75 bits per heavy atom. The first-order valence-corrected chi connectivity index (χ1v) is 14.8. The van der Waals surface area contributed by atoms with Crippen LogP contribution in [0.3, 0.4) is 0 Å². The Bertz CT molecular complexity index is 1120. The first-order valence-electron chi connectivity index (χ1n) is 12.6. The summed E-state index contributed by atoms with van der Waals surface area (Å²) in [6.45, 7) is 1.76. The fourth-order valence-corrected chi connectivity index (χ4v) is 5.71. The smallest absolute Gasteiger partial charge is 0.244 e. The summed E-state index contributed by atoms with van der Waals surface area (Å²) in [5.74, 6) is -0.610. The second kappa shape index (κ2) is 13.1. The third-order valence-corrected chi connectivity index (χ3v) is 7.97. The molecular formula is C27H36ClN3O4S. The number of benzene rings is 2. The van der Waals surface area contributed by atoms with Crippen LogP contribution in [0.2, 0.25) is 5.02 Å². The van der Waals surface area contributed by atoms with E-state index in [1.54, 1.807) is 18.2 Å². The molecule has 196 valence electrons. The van der Waals surface area contributed by atoms with Crippen molar-refractivity contribution in [1.82, 2.24) is 10.2 Å². The highest BCUT2D eigenvalue weighted by Crippen LogP contribution is 2.23. The van der Waals surface area contributed by atoms with Crippen LogP contribution < -0.4 is 9.62 Å². The highest BCUT2D eigenvalue weighted by Gasteiger charge is 2.32. The van der Waals surface area contributed by atoms with Gasteiger partial charge in [-0.25, -0.2) is 8.42 Å². The number of hydrogen-bond acceptors (Lipinski definition) is 4. The topological polar surface area (TPSA) is 86.8 Å². The Hall–Kier alpha value is -2.58. The molecule has 0 aromatic heterocycles. The molecular weight excluding hydrogens is 498 g/mol. The lowest BCUT2D eigenvalue weighted by Gasteiger charge is -2.34. The van der Waals surface area contributed by atoms with E-state index in [0.29, 0.717) is 30.1 Å². The number of carbonyl (C=O) groups is 2. The Labute approximate surface area is 219 Å². The average molecular weight is 534 g/mol. The molecule has 0 heterocycles. The van der Waals surface area contributed by atoms with E-state index in [2.05, 4.69) is 5.32 Å². The number of sulfonamides is 1. The summed E-state index contributed by atoms with van der Waals surface area (Å²) in [4.78, 5) is 28.6. The fourth-order valence-electron chi connectivity index (χ4n) is 4.69. The van der Waals surface area contributed by atoms with Gasteiger partial charge in [-0.05, 0) is 49.4 Å². The number of hydrogen-bond donors (Lipinski definition) is 1. The number of nitrogens with zero attached hydrogens (tertiary/aromatic N) is 2. The van der Waals surface area contributed by atoms with Crippen molar-refractivity contribution in [3.63, 3.8) is 0 Å². The molecule has 1 aliphatic carbocycles. The number of carbonyl (C=O) groups excluding carboxylic acids is 2. The van der Waals surface area contributed by atoms with Crippen molar-refractivity contribution in [3.8, 4) is 0 Å². The van der Waals surface area contributed by atoms with Crippen molar-refractivity contribution in [2.45, 2.75) is 64.0 Å². The van der Waals surface area contributed by atoms with Gasteiger partial charge in [0.25, 0.3) is 0 Å². The van der Waals surface area contributed by atoms with Crippen molar-refractivity contribution < 1.29 is 18.0 Å². The second-order valence-corrected chi connectivity index (χ2v) is 11.7. The molecule has 7 nitrogen and oxygen atoms in total. The van der Waals surface area contributed by atoms with Gasteiger partial charge in [0.15, 0.2) is 0 Å². The maximum Gasteiger partial charge on any atom is 0.244 e. The Morgan fingerprint density at radius 1 is 1.06 bits per heavy atom.